The number of nitrogens with one attached hydrogen (secondary N) is 1. The van der Waals surface area contributed by atoms with Crippen LogP contribution in [0.4, 0.5) is 0 Å². The lowest BCUT2D eigenvalue weighted by Gasteiger charge is -2.13. The Hall–Kier alpha value is -2.38. The topological polar surface area (TPSA) is 116 Å². The number of aliphatic carboxylic acids is 1. The molecule has 1 amide bonds. The minimum Gasteiger partial charge on any atom is -0.481 e. The van der Waals surface area contributed by atoms with E-state index in [1.54, 1.807) is 0 Å². The summed E-state index contributed by atoms with van der Waals surface area (Å²) in [6, 6.07) is -0.565. The molecule has 2 N–H and O–H groups in total. The Bertz CT molecular complexity index is 477. The van der Waals surface area contributed by atoms with Gasteiger partial charge in [0.05, 0.1) is 6.42 Å². The molecule has 2 aliphatic heterocycles. The van der Waals surface area contributed by atoms with Crippen molar-refractivity contribution in [3.63, 3.8) is 0 Å². The molecule has 0 aromatic carbocycles. The first-order valence-electron chi connectivity index (χ1n) is 4.88. The summed E-state index contributed by atoms with van der Waals surface area (Å²) >= 11 is 0. The number of carbonyl (C=O) groups is 2. The van der Waals surface area contributed by atoms with Gasteiger partial charge in [-0.1, -0.05) is 0 Å². The molecule has 2 aliphatic rings. The van der Waals surface area contributed by atoms with Crippen LogP contribution in [0.3, 0.4) is 0 Å². The summed E-state index contributed by atoms with van der Waals surface area (Å²) in [4.78, 5) is 37.5. The van der Waals surface area contributed by atoms with Crippen molar-refractivity contribution in [1.29, 1.82) is 0 Å². The molecule has 0 saturated heterocycles. The van der Waals surface area contributed by atoms with Crippen LogP contribution in [-0.4, -0.2) is 53.8 Å². The van der Waals surface area contributed by atoms with Gasteiger partial charge in [0.2, 0.25) is 0 Å². The molecule has 2 heterocycles. The van der Waals surface area contributed by atoms with Gasteiger partial charge in [-0.2, -0.15) is 0 Å². The maximum Gasteiger partial charge on any atom is 0.305 e. The fourth-order valence-electron chi connectivity index (χ4n) is 1.37. The van der Waals surface area contributed by atoms with Gasteiger partial charge in [0.15, 0.2) is 11.9 Å². The third-order valence-electron chi connectivity index (χ3n) is 2.15. The molecule has 0 aromatic heterocycles. The minimum atomic E-state index is -0.974. The summed E-state index contributed by atoms with van der Waals surface area (Å²) in [7, 11) is 0. The average molecular weight is 235 g/mol. The van der Waals surface area contributed by atoms with E-state index >= 15 is 0 Å². The predicted octanol–water partition coefficient (Wildman–Crippen LogP) is -1.13. The van der Waals surface area contributed by atoms with Crippen molar-refractivity contribution >= 4 is 36.1 Å². The Kier molecular flexibility index (Phi) is 3.03. The SMILES string of the molecule is O=C(O)CCNC(=O)C1=NC=NC2=NC=NC21. The van der Waals surface area contributed by atoms with E-state index in [1.807, 2.05) is 0 Å². The van der Waals surface area contributed by atoms with Gasteiger partial charge in [-0.3, -0.25) is 14.6 Å². The number of carboxylic acids is 1. The second-order valence-electron chi connectivity index (χ2n) is 3.31. The molecule has 0 aliphatic carbocycles. The maximum absolute atomic E-state index is 11.7. The highest BCUT2D eigenvalue weighted by atomic mass is 16.4. The first kappa shape index (κ1) is 11.1. The van der Waals surface area contributed by atoms with Gasteiger partial charge in [-0.15, -0.1) is 0 Å². The summed E-state index contributed by atoms with van der Waals surface area (Å²) in [5.41, 5.74) is 0.179. The lowest BCUT2D eigenvalue weighted by atomic mass is 10.1. The first-order chi connectivity index (χ1) is 8.18. The number of aliphatic imine (C=N–C) groups is 4. The van der Waals surface area contributed by atoms with E-state index < -0.39 is 17.9 Å². The molecule has 0 saturated carbocycles. The molecule has 17 heavy (non-hydrogen) atoms. The van der Waals surface area contributed by atoms with Crippen molar-refractivity contribution in [3.05, 3.63) is 0 Å². The normalized spacial score (nSPS) is 20.6. The number of carbonyl (C=O) groups excluding carboxylic acids is 1. The Morgan fingerprint density at radius 2 is 2.18 bits per heavy atom. The highest BCUT2D eigenvalue weighted by Crippen LogP contribution is 2.09. The monoisotopic (exact) mass is 235 g/mol. The second kappa shape index (κ2) is 4.64. The lowest BCUT2D eigenvalue weighted by Crippen LogP contribution is -2.42. The van der Waals surface area contributed by atoms with E-state index in [9.17, 15) is 9.59 Å². The van der Waals surface area contributed by atoms with Gasteiger partial charge >= 0.3 is 5.97 Å². The highest BCUT2D eigenvalue weighted by Gasteiger charge is 2.30. The van der Waals surface area contributed by atoms with Crippen molar-refractivity contribution in [2.24, 2.45) is 20.0 Å². The van der Waals surface area contributed by atoms with E-state index in [2.05, 4.69) is 25.3 Å². The Balaban J connectivity index is 1.97. The van der Waals surface area contributed by atoms with Gasteiger partial charge in [-0.25, -0.2) is 15.0 Å². The van der Waals surface area contributed by atoms with Crippen LogP contribution in [0.15, 0.2) is 20.0 Å². The fraction of sp³-hybridized carbons (Fsp3) is 0.333. The molecule has 0 spiro atoms. The number of amidine groups is 1. The molecule has 88 valence electrons. The Labute approximate surface area is 95.9 Å². The molecule has 0 bridgehead atoms. The van der Waals surface area contributed by atoms with Crippen LogP contribution in [0.2, 0.25) is 0 Å². The number of rotatable bonds is 4. The van der Waals surface area contributed by atoms with Gasteiger partial charge in [0.25, 0.3) is 5.91 Å². The van der Waals surface area contributed by atoms with Crippen LogP contribution in [-0.2, 0) is 9.59 Å². The van der Waals surface area contributed by atoms with Crippen molar-refractivity contribution in [2.45, 2.75) is 12.5 Å². The smallest absolute Gasteiger partial charge is 0.305 e. The van der Waals surface area contributed by atoms with Crippen molar-refractivity contribution < 1.29 is 14.7 Å². The van der Waals surface area contributed by atoms with Crippen molar-refractivity contribution in [2.75, 3.05) is 6.54 Å². The van der Waals surface area contributed by atoms with E-state index in [0.717, 1.165) is 0 Å². The zero-order chi connectivity index (χ0) is 12.3. The van der Waals surface area contributed by atoms with Crippen molar-refractivity contribution in [1.82, 2.24) is 5.32 Å². The maximum atomic E-state index is 11.7. The molecule has 1 atom stereocenters. The number of carboxylic acid groups (broad SMARTS) is 1. The second-order valence-corrected chi connectivity index (χ2v) is 3.31. The van der Waals surface area contributed by atoms with E-state index in [1.165, 1.54) is 12.7 Å². The summed E-state index contributed by atoms with van der Waals surface area (Å²) in [5, 5.41) is 10.9. The van der Waals surface area contributed by atoms with Crippen LogP contribution >= 0.6 is 0 Å². The largest absolute Gasteiger partial charge is 0.481 e. The van der Waals surface area contributed by atoms with Crippen LogP contribution in [0.5, 0.6) is 0 Å². The molecule has 0 radical (unpaired) electrons. The molecular weight excluding hydrogens is 226 g/mol. The summed E-state index contributed by atoms with van der Waals surface area (Å²) in [6.07, 6.45) is 2.42. The summed E-state index contributed by atoms with van der Waals surface area (Å²) < 4.78 is 0. The number of hydrogen-bond donors (Lipinski definition) is 2. The first-order valence-corrected chi connectivity index (χ1v) is 4.88. The minimum absolute atomic E-state index is 0.0488. The average Bonchev–Trinajstić information content (AvgIpc) is 2.75. The van der Waals surface area contributed by atoms with E-state index in [0.29, 0.717) is 5.84 Å². The van der Waals surface area contributed by atoms with Gasteiger partial charge < -0.3 is 10.4 Å². The predicted molar refractivity (Wildman–Crippen MR) is 60.9 cm³/mol. The summed E-state index contributed by atoms with van der Waals surface area (Å²) in [5.74, 6) is -1.00. The quantitative estimate of drug-likeness (QED) is 0.642. The molecule has 8 heteroatoms. The van der Waals surface area contributed by atoms with Crippen LogP contribution in [0.1, 0.15) is 6.42 Å². The molecule has 8 nitrogen and oxygen atoms in total. The zero-order valence-corrected chi connectivity index (χ0v) is 8.70. The highest BCUT2D eigenvalue weighted by molar-refractivity contribution is 6.48. The van der Waals surface area contributed by atoms with Crippen molar-refractivity contribution in [3.8, 4) is 0 Å². The third-order valence-corrected chi connectivity index (χ3v) is 2.15. The molecular formula is C9H9N5O3. The Morgan fingerprint density at radius 3 is 2.94 bits per heavy atom. The lowest BCUT2D eigenvalue weighted by molar-refractivity contribution is -0.136. The van der Waals surface area contributed by atoms with E-state index in [-0.39, 0.29) is 18.7 Å². The molecule has 2 rings (SSSR count). The number of hydrogen-bond acceptors (Lipinski definition) is 6. The number of fused-ring (bicyclic) bond motifs is 1. The molecule has 1 unspecified atom stereocenters. The standard InChI is InChI=1S/C9H9N5O3/c15-5(16)1-2-10-9(17)7-6-8(13-3-11-6)14-4-12-7/h3-4,6H,1-2H2,(H,10,17)(H,15,16). The van der Waals surface area contributed by atoms with Crippen LogP contribution < -0.4 is 5.32 Å². The third kappa shape index (κ3) is 2.41. The molecule has 0 aromatic rings. The van der Waals surface area contributed by atoms with Gasteiger partial charge in [-0.05, 0) is 0 Å². The van der Waals surface area contributed by atoms with Crippen LogP contribution in [0, 0.1) is 0 Å². The number of amides is 1. The fourth-order valence-corrected chi connectivity index (χ4v) is 1.37. The van der Waals surface area contributed by atoms with E-state index in [4.69, 9.17) is 5.11 Å². The van der Waals surface area contributed by atoms with Gasteiger partial charge in [0, 0.05) is 6.54 Å². The Morgan fingerprint density at radius 1 is 1.35 bits per heavy atom. The number of nitrogens with zero attached hydrogens (tertiary/aromatic N) is 4. The van der Waals surface area contributed by atoms with Crippen LogP contribution in [0.25, 0.3) is 0 Å². The van der Waals surface area contributed by atoms with Gasteiger partial charge in [0.1, 0.15) is 18.4 Å². The zero-order valence-electron chi connectivity index (χ0n) is 8.70. The summed E-state index contributed by atoms with van der Waals surface area (Å²) in [6.45, 7) is 0.0488. The molecule has 0 fully saturated rings.